The number of fused-ring (bicyclic) bond motifs is 1. The Labute approximate surface area is 181 Å². The fourth-order valence-corrected chi connectivity index (χ4v) is 3.78. The van der Waals surface area contributed by atoms with Crippen LogP contribution in [0.5, 0.6) is 11.6 Å². The Balaban J connectivity index is 1.28. The van der Waals surface area contributed by atoms with Crippen molar-refractivity contribution in [1.29, 1.82) is 0 Å². The van der Waals surface area contributed by atoms with Gasteiger partial charge in [0, 0.05) is 29.7 Å². The normalized spacial score (nSPS) is 10.9. The Morgan fingerprint density at radius 1 is 1.03 bits per heavy atom. The number of amides is 1. The number of aromatic nitrogens is 5. The summed E-state index contributed by atoms with van der Waals surface area (Å²) in [6, 6.07) is 14.3. The molecule has 31 heavy (non-hydrogen) atoms. The summed E-state index contributed by atoms with van der Waals surface area (Å²) >= 11 is 1.51. The molecule has 0 saturated carbocycles. The fourth-order valence-electron chi connectivity index (χ4n) is 3.06. The molecule has 8 nitrogen and oxygen atoms in total. The van der Waals surface area contributed by atoms with Gasteiger partial charge in [-0.3, -0.25) is 9.36 Å². The molecular formula is C22H16N6O2S. The number of aryl methyl sites for hydroxylation is 1. The molecule has 152 valence electrons. The molecule has 5 aromatic rings. The highest BCUT2D eigenvalue weighted by Gasteiger charge is 2.09. The Bertz CT molecular complexity index is 1380. The highest BCUT2D eigenvalue weighted by Crippen LogP contribution is 2.24. The minimum absolute atomic E-state index is 0.180. The average Bonchev–Trinajstić information content (AvgIpc) is 3.43. The Morgan fingerprint density at radius 2 is 1.90 bits per heavy atom. The van der Waals surface area contributed by atoms with Crippen LogP contribution in [0.15, 0.2) is 72.8 Å². The molecule has 5 rings (SSSR count). The van der Waals surface area contributed by atoms with Crippen LogP contribution in [0.1, 0.15) is 16.2 Å². The number of benzene rings is 2. The quantitative estimate of drug-likeness (QED) is 0.439. The maximum Gasteiger partial charge on any atom is 0.255 e. The number of nitrogens with one attached hydrogen (secondary N) is 1. The Kier molecular flexibility index (Phi) is 4.85. The van der Waals surface area contributed by atoms with Gasteiger partial charge in [-0.05, 0) is 49.4 Å². The lowest BCUT2D eigenvalue weighted by molar-refractivity contribution is 0.102. The van der Waals surface area contributed by atoms with Crippen LogP contribution < -0.4 is 10.1 Å². The minimum Gasteiger partial charge on any atom is -0.439 e. The zero-order valence-electron chi connectivity index (χ0n) is 16.4. The molecule has 0 aliphatic heterocycles. The summed E-state index contributed by atoms with van der Waals surface area (Å²) in [5.74, 6) is 2.31. The zero-order chi connectivity index (χ0) is 21.2. The van der Waals surface area contributed by atoms with E-state index in [1.807, 2.05) is 29.8 Å². The van der Waals surface area contributed by atoms with Gasteiger partial charge in [-0.2, -0.15) is 0 Å². The average molecular weight is 428 g/mol. The van der Waals surface area contributed by atoms with Crippen LogP contribution in [0, 0.1) is 6.92 Å². The summed E-state index contributed by atoms with van der Waals surface area (Å²) in [6.45, 7) is 1.89. The third kappa shape index (κ3) is 3.99. The lowest BCUT2D eigenvalue weighted by Crippen LogP contribution is -2.11. The third-order valence-electron chi connectivity index (χ3n) is 4.63. The van der Waals surface area contributed by atoms with Gasteiger partial charge < -0.3 is 10.1 Å². The number of imidazole rings is 1. The van der Waals surface area contributed by atoms with Crippen molar-refractivity contribution in [2.24, 2.45) is 0 Å². The molecule has 0 aliphatic rings. The summed E-state index contributed by atoms with van der Waals surface area (Å²) < 4.78 is 8.66. The zero-order valence-corrected chi connectivity index (χ0v) is 17.2. The number of hydrogen-bond acceptors (Lipinski definition) is 7. The molecule has 1 amide bonds. The van der Waals surface area contributed by atoms with E-state index in [-0.39, 0.29) is 5.91 Å². The number of ether oxygens (including phenoxy) is 1. The predicted octanol–water partition coefficient (Wildman–Crippen LogP) is 4.63. The lowest BCUT2D eigenvalue weighted by atomic mass is 10.2. The number of carbonyl (C=O) groups excluding carboxylic acids is 1. The van der Waals surface area contributed by atoms with E-state index in [2.05, 4.69) is 25.3 Å². The van der Waals surface area contributed by atoms with Crippen LogP contribution in [0.4, 0.5) is 5.69 Å². The summed E-state index contributed by atoms with van der Waals surface area (Å²) in [6.07, 6.45) is 4.98. The van der Waals surface area contributed by atoms with Gasteiger partial charge in [0.25, 0.3) is 5.91 Å². The Morgan fingerprint density at radius 3 is 2.71 bits per heavy atom. The molecule has 0 aliphatic carbocycles. The highest BCUT2D eigenvalue weighted by atomic mass is 32.1. The van der Waals surface area contributed by atoms with Gasteiger partial charge in [0.2, 0.25) is 5.88 Å². The number of thiazole rings is 1. The summed E-state index contributed by atoms with van der Waals surface area (Å²) in [4.78, 5) is 29.4. The van der Waals surface area contributed by atoms with Crippen molar-refractivity contribution in [2.75, 3.05) is 5.32 Å². The molecule has 0 atom stereocenters. The standard InChI is InChI=1S/C22H16N6O2S/c1-14-23-8-9-28(14)20-11-21(25-12-24-20)30-17-5-3-16(4-6-17)27-22(29)15-2-7-18-19(10-15)31-13-26-18/h2-13H,1H3,(H,27,29). The number of hydrogen-bond donors (Lipinski definition) is 1. The van der Waals surface area contributed by atoms with Crippen LogP contribution in [-0.2, 0) is 0 Å². The molecule has 0 spiro atoms. The summed E-state index contributed by atoms with van der Waals surface area (Å²) in [5, 5.41) is 2.89. The van der Waals surface area contributed by atoms with Gasteiger partial charge in [-0.15, -0.1) is 11.3 Å². The van der Waals surface area contributed by atoms with Crippen LogP contribution in [0.25, 0.3) is 16.0 Å². The van der Waals surface area contributed by atoms with Gasteiger partial charge in [0.15, 0.2) is 0 Å². The topological polar surface area (TPSA) is 94.8 Å². The van der Waals surface area contributed by atoms with E-state index < -0.39 is 0 Å². The first-order valence-electron chi connectivity index (χ1n) is 9.40. The van der Waals surface area contributed by atoms with E-state index in [9.17, 15) is 4.79 Å². The first-order valence-corrected chi connectivity index (χ1v) is 10.3. The van der Waals surface area contributed by atoms with E-state index >= 15 is 0 Å². The van der Waals surface area contributed by atoms with Crippen molar-refractivity contribution in [1.82, 2.24) is 24.5 Å². The second-order valence-electron chi connectivity index (χ2n) is 6.67. The molecule has 1 N–H and O–H groups in total. The molecule has 0 saturated heterocycles. The van der Waals surface area contributed by atoms with Crippen molar-refractivity contribution < 1.29 is 9.53 Å². The second-order valence-corrected chi connectivity index (χ2v) is 7.56. The molecule has 9 heteroatoms. The van der Waals surface area contributed by atoms with Gasteiger partial charge in [-0.25, -0.2) is 19.9 Å². The predicted molar refractivity (Wildman–Crippen MR) is 118 cm³/mol. The largest absolute Gasteiger partial charge is 0.439 e. The maximum atomic E-state index is 12.6. The molecule has 0 bridgehead atoms. The molecule has 2 aromatic carbocycles. The SMILES string of the molecule is Cc1nccn1-c1cc(Oc2ccc(NC(=O)c3ccc4ncsc4c3)cc2)ncn1. The van der Waals surface area contributed by atoms with Crippen LogP contribution in [0.3, 0.4) is 0 Å². The molecule has 3 heterocycles. The maximum absolute atomic E-state index is 12.6. The first-order chi connectivity index (χ1) is 15.2. The lowest BCUT2D eigenvalue weighted by Gasteiger charge is -2.09. The summed E-state index contributed by atoms with van der Waals surface area (Å²) in [7, 11) is 0. The summed E-state index contributed by atoms with van der Waals surface area (Å²) in [5.41, 5.74) is 3.90. The number of nitrogens with zero attached hydrogens (tertiary/aromatic N) is 5. The van der Waals surface area contributed by atoms with Gasteiger partial charge in [0.05, 0.1) is 15.7 Å². The van der Waals surface area contributed by atoms with Crippen molar-refractivity contribution in [3.05, 3.63) is 84.2 Å². The minimum atomic E-state index is -0.180. The van der Waals surface area contributed by atoms with Crippen molar-refractivity contribution >= 4 is 33.1 Å². The van der Waals surface area contributed by atoms with E-state index in [1.165, 1.54) is 17.7 Å². The van der Waals surface area contributed by atoms with Gasteiger partial charge in [0.1, 0.15) is 23.7 Å². The van der Waals surface area contributed by atoms with Crippen molar-refractivity contribution in [2.45, 2.75) is 6.92 Å². The highest BCUT2D eigenvalue weighted by molar-refractivity contribution is 7.16. The van der Waals surface area contributed by atoms with Crippen molar-refractivity contribution in [3.63, 3.8) is 0 Å². The molecule has 0 radical (unpaired) electrons. The van der Waals surface area contributed by atoms with Crippen LogP contribution >= 0.6 is 11.3 Å². The second kappa shape index (κ2) is 7.96. The Hall–Kier alpha value is -4.11. The molecule has 3 aromatic heterocycles. The third-order valence-corrected chi connectivity index (χ3v) is 5.42. The number of anilines is 1. The van der Waals surface area contributed by atoms with Crippen LogP contribution in [-0.4, -0.2) is 30.4 Å². The van der Waals surface area contributed by atoms with E-state index in [4.69, 9.17) is 4.74 Å². The fraction of sp³-hybridized carbons (Fsp3) is 0.0455. The van der Waals surface area contributed by atoms with E-state index in [0.29, 0.717) is 28.7 Å². The van der Waals surface area contributed by atoms with Crippen molar-refractivity contribution in [3.8, 4) is 17.4 Å². The van der Waals surface area contributed by atoms with E-state index in [0.717, 1.165) is 16.0 Å². The number of carbonyl (C=O) groups is 1. The smallest absolute Gasteiger partial charge is 0.255 e. The van der Waals surface area contributed by atoms with Gasteiger partial charge >= 0.3 is 0 Å². The number of rotatable bonds is 5. The molecule has 0 unspecified atom stereocenters. The molecular weight excluding hydrogens is 412 g/mol. The van der Waals surface area contributed by atoms with Gasteiger partial charge in [-0.1, -0.05) is 0 Å². The monoisotopic (exact) mass is 428 g/mol. The van der Waals surface area contributed by atoms with E-state index in [1.54, 1.807) is 48.1 Å². The first kappa shape index (κ1) is 18.9. The molecule has 0 fully saturated rings. The van der Waals surface area contributed by atoms with Crippen LogP contribution in [0.2, 0.25) is 0 Å².